The summed E-state index contributed by atoms with van der Waals surface area (Å²) in [6.45, 7) is 2.30. The maximum Gasteiger partial charge on any atom is 0.118 e. The Labute approximate surface area is 150 Å². The van der Waals surface area contributed by atoms with Crippen molar-refractivity contribution < 1.29 is 4.74 Å². The molecule has 0 unspecified atom stereocenters. The van der Waals surface area contributed by atoms with E-state index in [9.17, 15) is 0 Å². The van der Waals surface area contributed by atoms with Crippen molar-refractivity contribution in [3.8, 4) is 5.75 Å². The first-order valence-electron chi connectivity index (χ1n) is 10.5. The molecule has 0 aliphatic heterocycles. The van der Waals surface area contributed by atoms with Gasteiger partial charge in [0.15, 0.2) is 0 Å². The molecule has 0 spiro atoms. The molecule has 0 aromatic heterocycles. The van der Waals surface area contributed by atoms with E-state index in [1.54, 1.807) is 7.11 Å². The van der Waals surface area contributed by atoms with Gasteiger partial charge in [0.2, 0.25) is 0 Å². The first-order valence-corrected chi connectivity index (χ1v) is 10.5. The molecule has 1 heteroatoms. The third kappa shape index (κ3) is 6.87. The summed E-state index contributed by atoms with van der Waals surface area (Å²) < 4.78 is 5.26. The highest BCUT2D eigenvalue weighted by atomic mass is 16.5. The molecule has 0 heterocycles. The Morgan fingerprint density at radius 3 is 1.96 bits per heavy atom. The molecule has 0 atom stereocenters. The van der Waals surface area contributed by atoms with Gasteiger partial charge in [0, 0.05) is 0 Å². The first kappa shape index (κ1) is 19.3. The monoisotopic (exact) mass is 330 g/mol. The standard InChI is InChI=1S/C23H38O/c1-3-4-5-6-7-8-9-10-11-20-12-14-21(15-13-20)22-16-18-23(24-2)19-17-22/h16-21H,3-15H2,1-2H3. The molecule has 1 aliphatic carbocycles. The summed E-state index contributed by atoms with van der Waals surface area (Å²) in [5.74, 6) is 2.76. The molecule has 1 aliphatic rings. The number of rotatable bonds is 11. The second kappa shape index (κ2) is 11.6. The molecule has 1 nitrogen and oxygen atoms in total. The predicted octanol–water partition coefficient (Wildman–Crippen LogP) is 7.50. The van der Waals surface area contributed by atoms with Crippen molar-refractivity contribution in [2.45, 2.75) is 96.3 Å². The summed E-state index contributed by atoms with van der Waals surface area (Å²) in [5, 5.41) is 0. The Morgan fingerprint density at radius 1 is 0.792 bits per heavy atom. The fourth-order valence-electron chi connectivity index (χ4n) is 4.23. The minimum atomic E-state index is 0.783. The van der Waals surface area contributed by atoms with Crippen LogP contribution in [0.1, 0.15) is 102 Å². The average molecular weight is 331 g/mol. The van der Waals surface area contributed by atoms with Gasteiger partial charge in [0.1, 0.15) is 5.75 Å². The topological polar surface area (TPSA) is 9.23 Å². The molecule has 1 fully saturated rings. The number of benzene rings is 1. The highest BCUT2D eigenvalue weighted by Gasteiger charge is 2.21. The summed E-state index contributed by atoms with van der Waals surface area (Å²) in [6, 6.07) is 8.76. The Balaban J connectivity index is 1.54. The number of unbranched alkanes of at least 4 members (excludes halogenated alkanes) is 7. The molecule has 1 saturated carbocycles. The molecule has 0 bridgehead atoms. The molecule has 0 N–H and O–H groups in total. The van der Waals surface area contributed by atoms with Crippen molar-refractivity contribution in [2.75, 3.05) is 7.11 Å². The van der Waals surface area contributed by atoms with E-state index in [0.29, 0.717) is 0 Å². The summed E-state index contributed by atoms with van der Waals surface area (Å²) in [6.07, 6.45) is 18.7. The van der Waals surface area contributed by atoms with Gasteiger partial charge in [-0.05, 0) is 55.2 Å². The van der Waals surface area contributed by atoms with Crippen LogP contribution in [0.2, 0.25) is 0 Å². The van der Waals surface area contributed by atoms with Gasteiger partial charge in [-0.1, -0.05) is 76.8 Å². The quantitative estimate of drug-likeness (QED) is 0.382. The normalized spacial score (nSPS) is 20.9. The van der Waals surface area contributed by atoms with E-state index in [0.717, 1.165) is 17.6 Å². The molecule has 1 aromatic rings. The molecule has 2 rings (SSSR count). The minimum Gasteiger partial charge on any atom is -0.497 e. The summed E-state index contributed by atoms with van der Waals surface area (Å²) >= 11 is 0. The number of methoxy groups -OCH3 is 1. The minimum absolute atomic E-state index is 0.783. The van der Waals surface area contributed by atoms with E-state index in [1.807, 2.05) is 0 Å². The van der Waals surface area contributed by atoms with Crippen LogP contribution in [-0.4, -0.2) is 7.11 Å². The van der Waals surface area contributed by atoms with Gasteiger partial charge in [0.25, 0.3) is 0 Å². The lowest BCUT2D eigenvalue weighted by atomic mass is 9.77. The van der Waals surface area contributed by atoms with Gasteiger partial charge >= 0.3 is 0 Å². The Hall–Kier alpha value is -0.980. The summed E-state index contributed by atoms with van der Waals surface area (Å²) in [7, 11) is 1.74. The average Bonchev–Trinajstić information content (AvgIpc) is 2.64. The largest absolute Gasteiger partial charge is 0.497 e. The lowest BCUT2D eigenvalue weighted by Crippen LogP contribution is -2.13. The van der Waals surface area contributed by atoms with Crippen LogP contribution in [0.3, 0.4) is 0 Å². The van der Waals surface area contributed by atoms with Crippen molar-refractivity contribution in [3.63, 3.8) is 0 Å². The fourth-order valence-corrected chi connectivity index (χ4v) is 4.23. The van der Waals surface area contributed by atoms with E-state index in [4.69, 9.17) is 4.74 Å². The van der Waals surface area contributed by atoms with Crippen molar-refractivity contribution in [3.05, 3.63) is 29.8 Å². The second-order valence-corrected chi connectivity index (χ2v) is 7.75. The molecular weight excluding hydrogens is 292 g/mol. The fraction of sp³-hybridized carbons (Fsp3) is 0.739. The molecule has 0 radical (unpaired) electrons. The highest BCUT2D eigenvalue weighted by Crippen LogP contribution is 2.38. The van der Waals surface area contributed by atoms with E-state index >= 15 is 0 Å². The summed E-state index contributed by atoms with van der Waals surface area (Å²) in [5.41, 5.74) is 1.52. The molecule has 136 valence electrons. The number of hydrogen-bond acceptors (Lipinski definition) is 1. The molecular formula is C23H38O. The molecule has 0 saturated heterocycles. The SMILES string of the molecule is CCCCCCCCCCC1CCC(c2ccc(OC)cc2)CC1. The lowest BCUT2D eigenvalue weighted by molar-refractivity contribution is 0.301. The zero-order valence-corrected chi connectivity index (χ0v) is 16.1. The van der Waals surface area contributed by atoms with Crippen LogP contribution in [-0.2, 0) is 0 Å². The van der Waals surface area contributed by atoms with E-state index in [1.165, 1.54) is 89.0 Å². The number of hydrogen-bond donors (Lipinski definition) is 0. The van der Waals surface area contributed by atoms with Crippen LogP contribution in [0.15, 0.2) is 24.3 Å². The van der Waals surface area contributed by atoms with Gasteiger partial charge < -0.3 is 4.74 Å². The lowest BCUT2D eigenvalue weighted by Gasteiger charge is -2.29. The molecule has 0 amide bonds. The Kier molecular flexibility index (Phi) is 9.31. The van der Waals surface area contributed by atoms with Crippen LogP contribution >= 0.6 is 0 Å². The zero-order valence-electron chi connectivity index (χ0n) is 16.1. The van der Waals surface area contributed by atoms with Crippen LogP contribution in [0.5, 0.6) is 5.75 Å². The number of ether oxygens (including phenoxy) is 1. The predicted molar refractivity (Wildman–Crippen MR) is 105 cm³/mol. The van der Waals surface area contributed by atoms with Gasteiger partial charge in [-0.2, -0.15) is 0 Å². The second-order valence-electron chi connectivity index (χ2n) is 7.75. The third-order valence-electron chi connectivity index (χ3n) is 5.90. The summed E-state index contributed by atoms with van der Waals surface area (Å²) in [4.78, 5) is 0. The van der Waals surface area contributed by atoms with Crippen molar-refractivity contribution in [1.29, 1.82) is 0 Å². The molecule has 24 heavy (non-hydrogen) atoms. The molecule has 1 aromatic carbocycles. The van der Waals surface area contributed by atoms with Crippen molar-refractivity contribution in [2.24, 2.45) is 5.92 Å². The van der Waals surface area contributed by atoms with Crippen LogP contribution in [0.25, 0.3) is 0 Å². The first-order chi connectivity index (χ1) is 11.8. The van der Waals surface area contributed by atoms with Crippen molar-refractivity contribution in [1.82, 2.24) is 0 Å². The van der Waals surface area contributed by atoms with E-state index in [-0.39, 0.29) is 0 Å². The van der Waals surface area contributed by atoms with Gasteiger partial charge in [-0.25, -0.2) is 0 Å². The van der Waals surface area contributed by atoms with Gasteiger partial charge in [-0.15, -0.1) is 0 Å². The Bertz CT molecular complexity index is 414. The smallest absolute Gasteiger partial charge is 0.118 e. The highest BCUT2D eigenvalue weighted by molar-refractivity contribution is 5.29. The van der Waals surface area contributed by atoms with E-state index < -0.39 is 0 Å². The Morgan fingerprint density at radius 2 is 1.38 bits per heavy atom. The maximum absolute atomic E-state index is 5.26. The third-order valence-corrected chi connectivity index (χ3v) is 5.90. The van der Waals surface area contributed by atoms with Crippen LogP contribution in [0.4, 0.5) is 0 Å². The zero-order chi connectivity index (χ0) is 17.0. The van der Waals surface area contributed by atoms with E-state index in [2.05, 4.69) is 31.2 Å². The maximum atomic E-state index is 5.26. The van der Waals surface area contributed by atoms with Crippen LogP contribution in [0, 0.1) is 5.92 Å². The van der Waals surface area contributed by atoms with Crippen LogP contribution < -0.4 is 4.74 Å². The van der Waals surface area contributed by atoms with Gasteiger partial charge in [0.05, 0.1) is 7.11 Å². The van der Waals surface area contributed by atoms with Crippen molar-refractivity contribution >= 4 is 0 Å². The van der Waals surface area contributed by atoms with Gasteiger partial charge in [-0.3, -0.25) is 0 Å².